The molecular formula is C12H16IN. The van der Waals surface area contributed by atoms with Crippen LogP contribution >= 0.6 is 22.6 Å². The van der Waals surface area contributed by atoms with Gasteiger partial charge < -0.3 is 5.32 Å². The summed E-state index contributed by atoms with van der Waals surface area (Å²) in [6.45, 7) is 3.34. The molecule has 1 nitrogen and oxygen atoms in total. The molecule has 1 saturated heterocycles. The first-order chi connectivity index (χ1) is 6.77. The molecule has 0 amide bonds. The zero-order valence-electron chi connectivity index (χ0n) is 8.52. The lowest BCUT2D eigenvalue weighted by Crippen LogP contribution is -2.27. The summed E-state index contributed by atoms with van der Waals surface area (Å²) in [5.74, 6) is 0. The van der Waals surface area contributed by atoms with Crippen LogP contribution in [0.2, 0.25) is 0 Å². The van der Waals surface area contributed by atoms with Crippen LogP contribution in [0.15, 0.2) is 18.2 Å². The normalized spacial score (nSPS) is 22.3. The van der Waals surface area contributed by atoms with Gasteiger partial charge in [0.25, 0.3) is 0 Å². The Morgan fingerprint density at radius 2 is 2.21 bits per heavy atom. The quantitative estimate of drug-likeness (QED) is 0.784. The highest BCUT2D eigenvalue weighted by atomic mass is 127. The van der Waals surface area contributed by atoms with Gasteiger partial charge in [0.1, 0.15) is 0 Å². The molecule has 0 unspecified atom stereocenters. The van der Waals surface area contributed by atoms with E-state index in [9.17, 15) is 0 Å². The van der Waals surface area contributed by atoms with Crippen molar-refractivity contribution >= 4 is 22.6 Å². The third kappa shape index (κ3) is 2.28. The van der Waals surface area contributed by atoms with Crippen LogP contribution < -0.4 is 5.32 Å². The number of halogens is 1. The molecule has 1 aliphatic rings. The van der Waals surface area contributed by atoms with Gasteiger partial charge in [-0.05, 0) is 60.5 Å². The molecule has 0 saturated carbocycles. The van der Waals surface area contributed by atoms with Crippen LogP contribution in [0.25, 0.3) is 0 Å². The molecule has 1 aromatic rings. The highest BCUT2D eigenvalue weighted by Gasteiger charge is 2.16. The highest BCUT2D eigenvalue weighted by Crippen LogP contribution is 2.27. The SMILES string of the molecule is Cc1ccc(I)c([C@@H]2CCCCN2)c1. The molecule has 0 radical (unpaired) electrons. The van der Waals surface area contributed by atoms with E-state index in [0.717, 1.165) is 0 Å². The smallest absolute Gasteiger partial charge is 0.0330 e. The van der Waals surface area contributed by atoms with Crippen LogP contribution in [-0.4, -0.2) is 6.54 Å². The molecule has 1 N–H and O–H groups in total. The summed E-state index contributed by atoms with van der Waals surface area (Å²) in [4.78, 5) is 0. The molecule has 0 spiro atoms. The predicted octanol–water partition coefficient (Wildman–Crippen LogP) is 3.41. The largest absolute Gasteiger partial charge is 0.310 e. The van der Waals surface area contributed by atoms with E-state index in [1.54, 1.807) is 0 Å². The summed E-state index contributed by atoms with van der Waals surface area (Å²) >= 11 is 2.44. The Morgan fingerprint density at radius 3 is 2.93 bits per heavy atom. The Morgan fingerprint density at radius 1 is 1.36 bits per heavy atom. The number of benzene rings is 1. The minimum absolute atomic E-state index is 0.593. The number of hydrogen-bond acceptors (Lipinski definition) is 1. The molecular weight excluding hydrogens is 285 g/mol. The Bertz CT molecular complexity index is 316. The second-order valence-electron chi connectivity index (χ2n) is 4.03. The van der Waals surface area contributed by atoms with E-state index >= 15 is 0 Å². The maximum Gasteiger partial charge on any atom is 0.0330 e. The first-order valence-corrected chi connectivity index (χ1v) is 6.34. The number of nitrogens with one attached hydrogen (secondary N) is 1. The zero-order valence-corrected chi connectivity index (χ0v) is 10.7. The second-order valence-corrected chi connectivity index (χ2v) is 5.19. The number of aryl methyl sites for hydroxylation is 1. The molecule has 2 rings (SSSR count). The van der Waals surface area contributed by atoms with E-state index in [-0.39, 0.29) is 0 Å². The Kier molecular flexibility index (Phi) is 3.44. The molecule has 1 aliphatic heterocycles. The highest BCUT2D eigenvalue weighted by molar-refractivity contribution is 14.1. The van der Waals surface area contributed by atoms with Gasteiger partial charge in [0.2, 0.25) is 0 Å². The minimum atomic E-state index is 0.593. The van der Waals surface area contributed by atoms with E-state index in [1.807, 2.05) is 0 Å². The van der Waals surface area contributed by atoms with Crippen molar-refractivity contribution in [1.29, 1.82) is 0 Å². The maximum absolute atomic E-state index is 3.60. The van der Waals surface area contributed by atoms with Gasteiger partial charge in [-0.25, -0.2) is 0 Å². The molecule has 2 heteroatoms. The molecule has 0 aliphatic carbocycles. The molecule has 1 fully saturated rings. The van der Waals surface area contributed by atoms with Crippen LogP contribution in [0, 0.1) is 10.5 Å². The van der Waals surface area contributed by atoms with Crippen LogP contribution in [0.3, 0.4) is 0 Å². The third-order valence-corrected chi connectivity index (χ3v) is 3.82. The van der Waals surface area contributed by atoms with Gasteiger partial charge in [0.05, 0.1) is 0 Å². The van der Waals surface area contributed by atoms with Gasteiger partial charge in [-0.3, -0.25) is 0 Å². The van der Waals surface area contributed by atoms with Crippen LogP contribution in [0.5, 0.6) is 0 Å². The van der Waals surface area contributed by atoms with Crippen LogP contribution in [0.1, 0.15) is 36.4 Å². The lowest BCUT2D eigenvalue weighted by molar-refractivity contribution is 0.411. The summed E-state index contributed by atoms with van der Waals surface area (Å²) in [6, 6.07) is 7.33. The van der Waals surface area contributed by atoms with Crippen molar-refractivity contribution in [3.05, 3.63) is 32.9 Å². The van der Waals surface area contributed by atoms with Gasteiger partial charge in [0.15, 0.2) is 0 Å². The fourth-order valence-electron chi connectivity index (χ4n) is 2.05. The van der Waals surface area contributed by atoms with E-state index in [1.165, 1.54) is 40.5 Å². The van der Waals surface area contributed by atoms with E-state index in [0.29, 0.717) is 6.04 Å². The summed E-state index contributed by atoms with van der Waals surface area (Å²) in [7, 11) is 0. The Balaban J connectivity index is 2.24. The zero-order chi connectivity index (χ0) is 9.97. The average Bonchev–Trinajstić information content (AvgIpc) is 2.23. The summed E-state index contributed by atoms with van der Waals surface area (Å²) in [5, 5.41) is 3.60. The molecule has 1 atom stereocenters. The van der Waals surface area contributed by atoms with E-state index in [2.05, 4.69) is 53.0 Å². The first-order valence-electron chi connectivity index (χ1n) is 5.27. The molecule has 0 aromatic heterocycles. The third-order valence-electron chi connectivity index (χ3n) is 2.84. The Labute approximate surface area is 99.4 Å². The second kappa shape index (κ2) is 4.62. The van der Waals surface area contributed by atoms with Crippen molar-refractivity contribution in [2.24, 2.45) is 0 Å². The lowest BCUT2D eigenvalue weighted by Gasteiger charge is -2.25. The maximum atomic E-state index is 3.60. The fourth-order valence-corrected chi connectivity index (χ4v) is 2.76. The van der Waals surface area contributed by atoms with Crippen molar-refractivity contribution in [2.45, 2.75) is 32.2 Å². The van der Waals surface area contributed by atoms with E-state index < -0.39 is 0 Å². The minimum Gasteiger partial charge on any atom is -0.310 e. The molecule has 1 aromatic carbocycles. The predicted molar refractivity (Wildman–Crippen MR) is 68.5 cm³/mol. The number of piperidine rings is 1. The molecule has 0 bridgehead atoms. The number of hydrogen-bond donors (Lipinski definition) is 1. The topological polar surface area (TPSA) is 12.0 Å². The van der Waals surface area contributed by atoms with Crippen molar-refractivity contribution in [3.8, 4) is 0 Å². The standard InChI is InChI=1S/C12H16IN/c1-9-5-6-11(13)10(8-9)12-4-2-3-7-14-12/h5-6,8,12,14H,2-4,7H2,1H3/t12-/m0/s1. The van der Waals surface area contributed by atoms with Crippen molar-refractivity contribution < 1.29 is 0 Å². The van der Waals surface area contributed by atoms with Crippen LogP contribution in [-0.2, 0) is 0 Å². The summed E-state index contributed by atoms with van der Waals surface area (Å²) in [5.41, 5.74) is 2.86. The van der Waals surface area contributed by atoms with Gasteiger partial charge >= 0.3 is 0 Å². The van der Waals surface area contributed by atoms with Gasteiger partial charge in [-0.15, -0.1) is 0 Å². The molecule has 1 heterocycles. The van der Waals surface area contributed by atoms with Gasteiger partial charge in [-0.2, -0.15) is 0 Å². The Hall–Kier alpha value is -0.0900. The van der Waals surface area contributed by atoms with Crippen molar-refractivity contribution in [1.82, 2.24) is 5.32 Å². The van der Waals surface area contributed by atoms with Crippen molar-refractivity contribution in [2.75, 3.05) is 6.54 Å². The van der Waals surface area contributed by atoms with Gasteiger partial charge in [0, 0.05) is 9.61 Å². The number of rotatable bonds is 1. The molecule has 76 valence electrons. The first kappa shape index (κ1) is 10.4. The monoisotopic (exact) mass is 301 g/mol. The van der Waals surface area contributed by atoms with Gasteiger partial charge in [-0.1, -0.05) is 24.1 Å². The fraction of sp³-hybridized carbons (Fsp3) is 0.500. The van der Waals surface area contributed by atoms with Crippen molar-refractivity contribution in [3.63, 3.8) is 0 Å². The summed E-state index contributed by atoms with van der Waals surface area (Å²) in [6.07, 6.45) is 3.99. The van der Waals surface area contributed by atoms with E-state index in [4.69, 9.17) is 0 Å². The lowest BCUT2D eigenvalue weighted by atomic mass is 9.96. The molecule has 14 heavy (non-hydrogen) atoms. The average molecular weight is 301 g/mol. The summed E-state index contributed by atoms with van der Waals surface area (Å²) < 4.78 is 1.40. The van der Waals surface area contributed by atoms with Crippen LogP contribution in [0.4, 0.5) is 0 Å².